The van der Waals surface area contributed by atoms with Gasteiger partial charge >= 0.3 is 5.69 Å². The van der Waals surface area contributed by atoms with Gasteiger partial charge in [-0.15, -0.1) is 0 Å². The van der Waals surface area contributed by atoms with Crippen molar-refractivity contribution in [3.05, 3.63) is 79.2 Å². The molecule has 0 aliphatic carbocycles. The minimum absolute atomic E-state index is 0.119. The lowest BCUT2D eigenvalue weighted by Crippen LogP contribution is -2.40. The van der Waals surface area contributed by atoms with Gasteiger partial charge in [0.1, 0.15) is 6.54 Å². The van der Waals surface area contributed by atoms with E-state index in [-0.39, 0.29) is 24.7 Å². The molecule has 0 amide bonds. The summed E-state index contributed by atoms with van der Waals surface area (Å²) in [6.45, 7) is 1.50. The lowest BCUT2D eigenvalue weighted by atomic mass is 10.1. The summed E-state index contributed by atoms with van der Waals surface area (Å²) in [7, 11) is 1.56. The molecule has 0 saturated carbocycles. The van der Waals surface area contributed by atoms with E-state index in [0.29, 0.717) is 16.1 Å². The van der Waals surface area contributed by atoms with Crippen molar-refractivity contribution in [3.8, 4) is 0 Å². The first-order valence-electron chi connectivity index (χ1n) is 7.87. The third kappa shape index (κ3) is 3.76. The van der Waals surface area contributed by atoms with Gasteiger partial charge in [-0.25, -0.2) is 4.79 Å². The van der Waals surface area contributed by atoms with Crippen molar-refractivity contribution in [3.63, 3.8) is 0 Å². The van der Waals surface area contributed by atoms with Crippen LogP contribution in [0.3, 0.4) is 0 Å². The van der Waals surface area contributed by atoms with Crippen molar-refractivity contribution in [2.45, 2.75) is 26.0 Å². The number of halogens is 1. The minimum Gasteiger partial charge on any atom is -0.388 e. The van der Waals surface area contributed by atoms with Gasteiger partial charge in [-0.1, -0.05) is 28.9 Å². The van der Waals surface area contributed by atoms with E-state index < -0.39 is 17.4 Å². The van der Waals surface area contributed by atoms with E-state index in [0.717, 1.165) is 4.57 Å². The quantitative estimate of drug-likeness (QED) is 0.718. The number of aliphatic hydroxyl groups is 1. The summed E-state index contributed by atoms with van der Waals surface area (Å²) in [5, 5.41) is 14.6. The molecule has 2 heterocycles. The first kappa shape index (κ1) is 18.1. The molecule has 9 heteroatoms. The summed E-state index contributed by atoms with van der Waals surface area (Å²) in [4.78, 5) is 28.4. The van der Waals surface area contributed by atoms with E-state index in [4.69, 9.17) is 16.1 Å². The zero-order chi connectivity index (χ0) is 18.8. The largest absolute Gasteiger partial charge is 0.388 e. The molecule has 0 bridgehead atoms. The van der Waals surface area contributed by atoms with Crippen LogP contribution < -0.4 is 11.2 Å². The van der Waals surface area contributed by atoms with E-state index in [2.05, 4.69) is 10.1 Å². The van der Waals surface area contributed by atoms with Gasteiger partial charge in [-0.2, -0.15) is 4.98 Å². The van der Waals surface area contributed by atoms with Crippen molar-refractivity contribution in [1.29, 1.82) is 0 Å². The van der Waals surface area contributed by atoms with E-state index in [9.17, 15) is 14.7 Å². The van der Waals surface area contributed by atoms with Crippen LogP contribution in [-0.2, 0) is 20.0 Å². The van der Waals surface area contributed by atoms with Gasteiger partial charge in [-0.3, -0.25) is 9.36 Å². The second-order valence-corrected chi connectivity index (χ2v) is 6.41. The molecule has 0 fully saturated rings. The Kier molecular flexibility index (Phi) is 5.06. The Morgan fingerprint density at radius 3 is 2.65 bits per heavy atom. The van der Waals surface area contributed by atoms with Crippen LogP contribution in [0.25, 0.3) is 0 Å². The first-order chi connectivity index (χ1) is 12.3. The molecule has 1 atom stereocenters. The molecular formula is C17H17ClN4O4. The number of hydrogen-bond acceptors (Lipinski definition) is 6. The lowest BCUT2D eigenvalue weighted by Gasteiger charge is -2.08. The molecule has 0 spiro atoms. The molecule has 0 unspecified atom stereocenters. The molecule has 3 rings (SSSR count). The number of hydrogen-bond donors (Lipinski definition) is 1. The maximum absolute atomic E-state index is 12.2. The molecule has 0 radical (unpaired) electrons. The van der Waals surface area contributed by atoms with Crippen LogP contribution in [-0.4, -0.2) is 24.4 Å². The highest BCUT2D eigenvalue weighted by atomic mass is 35.5. The Labute approximate surface area is 153 Å². The molecule has 2 aromatic heterocycles. The van der Waals surface area contributed by atoms with Gasteiger partial charge in [0.05, 0.1) is 6.10 Å². The summed E-state index contributed by atoms with van der Waals surface area (Å²) in [6.07, 6.45) is 0.779. The Bertz CT molecular complexity index is 1000. The summed E-state index contributed by atoms with van der Waals surface area (Å²) in [5.74, 6) is 0.396. The SMILES string of the molecule is Cc1cn(C)c(=O)n(Cc2nc(C[C@H](O)c3ccc(Cl)cc3)no2)c1=O. The third-order valence-corrected chi connectivity index (χ3v) is 4.19. The third-order valence-electron chi connectivity index (χ3n) is 3.94. The first-order valence-corrected chi connectivity index (χ1v) is 8.25. The Hall–Kier alpha value is -2.71. The van der Waals surface area contributed by atoms with Crippen LogP contribution in [0.5, 0.6) is 0 Å². The molecule has 8 nitrogen and oxygen atoms in total. The number of aryl methyl sites for hydroxylation is 2. The Balaban J connectivity index is 1.78. The summed E-state index contributed by atoms with van der Waals surface area (Å²) >= 11 is 5.83. The van der Waals surface area contributed by atoms with E-state index in [1.54, 1.807) is 38.2 Å². The number of rotatable bonds is 5. The molecule has 136 valence electrons. The monoisotopic (exact) mass is 376 g/mol. The van der Waals surface area contributed by atoms with Gasteiger partial charge in [0.25, 0.3) is 5.56 Å². The maximum atomic E-state index is 12.2. The van der Waals surface area contributed by atoms with Crippen LogP contribution in [0.4, 0.5) is 0 Å². The molecule has 0 aliphatic rings. The molecule has 26 heavy (non-hydrogen) atoms. The Morgan fingerprint density at radius 2 is 1.96 bits per heavy atom. The normalized spacial score (nSPS) is 12.3. The zero-order valence-corrected chi connectivity index (χ0v) is 15.0. The van der Waals surface area contributed by atoms with E-state index >= 15 is 0 Å². The van der Waals surface area contributed by atoms with Crippen molar-refractivity contribution >= 4 is 11.6 Å². The van der Waals surface area contributed by atoms with Crippen molar-refractivity contribution in [2.75, 3.05) is 0 Å². The molecule has 3 aromatic rings. The fourth-order valence-electron chi connectivity index (χ4n) is 2.58. The maximum Gasteiger partial charge on any atom is 0.331 e. The van der Waals surface area contributed by atoms with Crippen LogP contribution >= 0.6 is 11.6 Å². The second kappa shape index (κ2) is 7.27. The van der Waals surface area contributed by atoms with Crippen LogP contribution in [0.15, 0.2) is 44.6 Å². The fourth-order valence-corrected chi connectivity index (χ4v) is 2.70. The average molecular weight is 377 g/mol. The summed E-state index contributed by atoms with van der Waals surface area (Å²) in [6, 6.07) is 6.79. The van der Waals surface area contributed by atoms with E-state index in [1.807, 2.05) is 0 Å². The van der Waals surface area contributed by atoms with Gasteiger partial charge in [0.2, 0.25) is 5.89 Å². The zero-order valence-electron chi connectivity index (χ0n) is 14.2. The number of benzene rings is 1. The van der Waals surface area contributed by atoms with Gasteiger partial charge in [0.15, 0.2) is 5.82 Å². The number of aromatic nitrogens is 4. The minimum atomic E-state index is -0.827. The van der Waals surface area contributed by atoms with Crippen molar-refractivity contribution in [1.82, 2.24) is 19.3 Å². The summed E-state index contributed by atoms with van der Waals surface area (Å²) in [5.41, 5.74) is 0.227. The molecule has 0 aliphatic heterocycles. The van der Waals surface area contributed by atoms with Crippen molar-refractivity contribution in [2.24, 2.45) is 7.05 Å². The topological polar surface area (TPSA) is 103 Å². The van der Waals surface area contributed by atoms with Gasteiger partial charge < -0.3 is 14.2 Å². The number of nitrogens with zero attached hydrogens (tertiary/aromatic N) is 4. The van der Waals surface area contributed by atoms with E-state index in [1.165, 1.54) is 10.8 Å². The smallest absolute Gasteiger partial charge is 0.331 e. The highest BCUT2D eigenvalue weighted by molar-refractivity contribution is 6.30. The molecular weight excluding hydrogens is 360 g/mol. The predicted octanol–water partition coefficient (Wildman–Crippen LogP) is 1.22. The highest BCUT2D eigenvalue weighted by Crippen LogP contribution is 2.19. The molecule has 1 aromatic carbocycles. The molecule has 0 saturated heterocycles. The van der Waals surface area contributed by atoms with Crippen LogP contribution in [0, 0.1) is 6.92 Å². The van der Waals surface area contributed by atoms with Gasteiger partial charge in [0, 0.05) is 30.3 Å². The standard InChI is InChI=1S/C17H17ClN4O4/c1-10-8-21(2)17(25)22(16(10)24)9-15-19-14(20-26-15)7-13(23)11-3-5-12(18)6-4-11/h3-6,8,13,23H,7,9H2,1-2H3/t13-/m0/s1. The average Bonchev–Trinajstić information content (AvgIpc) is 3.04. The van der Waals surface area contributed by atoms with Crippen molar-refractivity contribution < 1.29 is 9.63 Å². The van der Waals surface area contributed by atoms with Gasteiger partial charge in [-0.05, 0) is 24.6 Å². The number of aliphatic hydroxyl groups excluding tert-OH is 1. The summed E-state index contributed by atoms with van der Waals surface area (Å²) < 4.78 is 7.46. The molecule has 1 N–H and O–H groups in total. The highest BCUT2D eigenvalue weighted by Gasteiger charge is 2.16. The predicted molar refractivity (Wildman–Crippen MR) is 94.2 cm³/mol. The van der Waals surface area contributed by atoms with Crippen LogP contribution in [0.2, 0.25) is 5.02 Å². The lowest BCUT2D eigenvalue weighted by molar-refractivity contribution is 0.174. The van der Waals surface area contributed by atoms with Crippen LogP contribution in [0.1, 0.15) is 28.9 Å². The fraction of sp³-hybridized carbons (Fsp3) is 0.294. The second-order valence-electron chi connectivity index (χ2n) is 5.97. The Morgan fingerprint density at radius 1 is 1.27 bits per heavy atom.